The Morgan fingerprint density at radius 1 is 1.29 bits per heavy atom. The van der Waals surface area contributed by atoms with E-state index in [4.69, 9.17) is 11.6 Å². The molecule has 1 heterocycles. The van der Waals surface area contributed by atoms with Gasteiger partial charge in [0.15, 0.2) is 0 Å². The highest BCUT2D eigenvalue weighted by molar-refractivity contribution is 7.88. The molecule has 1 amide bonds. The Kier molecular flexibility index (Phi) is 7.07. The van der Waals surface area contributed by atoms with Gasteiger partial charge in [-0.2, -0.15) is 0 Å². The molecule has 0 aliphatic carbocycles. The minimum atomic E-state index is -3.41. The number of nitrogens with zero attached hydrogens (tertiary/aromatic N) is 1. The number of rotatable bonds is 7. The summed E-state index contributed by atoms with van der Waals surface area (Å²) in [4.78, 5) is 12.1. The second kappa shape index (κ2) is 8.83. The van der Waals surface area contributed by atoms with Gasteiger partial charge in [0.05, 0.1) is 5.75 Å². The molecular weight excluding hydrogens is 348 g/mol. The zero-order valence-corrected chi connectivity index (χ0v) is 15.6. The smallest absolute Gasteiger partial charge is 0.223 e. The fourth-order valence-corrected chi connectivity index (χ4v) is 4.71. The van der Waals surface area contributed by atoms with Crippen LogP contribution in [0.5, 0.6) is 0 Å². The maximum Gasteiger partial charge on any atom is 0.223 e. The summed E-state index contributed by atoms with van der Waals surface area (Å²) in [7, 11) is -3.41. The highest BCUT2D eigenvalue weighted by Gasteiger charge is 2.31. The lowest BCUT2D eigenvalue weighted by Gasteiger charge is -2.30. The lowest BCUT2D eigenvalue weighted by atomic mass is 9.97. The van der Waals surface area contributed by atoms with Crippen LogP contribution >= 0.6 is 11.6 Å². The van der Waals surface area contributed by atoms with Gasteiger partial charge >= 0.3 is 0 Å². The van der Waals surface area contributed by atoms with E-state index in [1.807, 2.05) is 0 Å². The van der Waals surface area contributed by atoms with Crippen molar-refractivity contribution in [1.29, 1.82) is 0 Å². The van der Waals surface area contributed by atoms with E-state index in [2.05, 4.69) is 12.2 Å². The van der Waals surface area contributed by atoms with E-state index in [0.717, 1.165) is 12.8 Å². The molecule has 1 aromatic rings. The Bertz CT molecular complexity index is 656. The van der Waals surface area contributed by atoms with Crippen LogP contribution in [0.2, 0.25) is 5.02 Å². The standard InChI is InChI=1S/C17H25ClN2O3S/c1-2-3-10-19-17(21)14-8-11-20(12-9-14)24(22,23)13-15-6-4-5-7-16(15)18/h4-7,14H,2-3,8-13H2,1H3,(H,19,21). The third-order valence-corrected chi connectivity index (χ3v) is 6.54. The van der Waals surface area contributed by atoms with Crippen molar-refractivity contribution in [1.82, 2.24) is 9.62 Å². The van der Waals surface area contributed by atoms with E-state index in [9.17, 15) is 13.2 Å². The minimum Gasteiger partial charge on any atom is -0.356 e. The van der Waals surface area contributed by atoms with Gasteiger partial charge in [-0.3, -0.25) is 4.79 Å². The van der Waals surface area contributed by atoms with Gasteiger partial charge in [-0.05, 0) is 30.9 Å². The molecule has 1 fully saturated rings. The summed E-state index contributed by atoms with van der Waals surface area (Å²) in [6.07, 6.45) is 3.15. The number of nitrogens with one attached hydrogen (secondary N) is 1. The minimum absolute atomic E-state index is 0.0478. The van der Waals surface area contributed by atoms with Gasteiger partial charge < -0.3 is 5.32 Å². The summed E-state index contributed by atoms with van der Waals surface area (Å²) >= 11 is 6.06. The van der Waals surface area contributed by atoms with Gasteiger partial charge in [0.2, 0.25) is 15.9 Å². The van der Waals surface area contributed by atoms with E-state index in [0.29, 0.717) is 43.1 Å². The Balaban J connectivity index is 1.89. The molecule has 5 nitrogen and oxygen atoms in total. The van der Waals surface area contributed by atoms with Crippen molar-refractivity contribution in [3.63, 3.8) is 0 Å². The van der Waals surface area contributed by atoms with Crippen LogP contribution in [0.1, 0.15) is 38.2 Å². The van der Waals surface area contributed by atoms with Crippen LogP contribution in [-0.4, -0.2) is 38.3 Å². The lowest BCUT2D eigenvalue weighted by molar-refractivity contribution is -0.126. The number of amides is 1. The van der Waals surface area contributed by atoms with E-state index >= 15 is 0 Å². The number of carbonyl (C=O) groups is 1. The quantitative estimate of drug-likeness (QED) is 0.748. The predicted molar refractivity (Wildman–Crippen MR) is 96.3 cm³/mol. The fraction of sp³-hybridized carbons (Fsp3) is 0.588. The van der Waals surface area contributed by atoms with Crippen LogP contribution in [-0.2, 0) is 20.6 Å². The highest BCUT2D eigenvalue weighted by Crippen LogP contribution is 2.24. The predicted octanol–water partition coefficient (Wildman–Crippen LogP) is 2.80. The molecule has 1 aromatic carbocycles. The zero-order chi connectivity index (χ0) is 17.6. The van der Waals surface area contributed by atoms with Gasteiger partial charge in [0, 0.05) is 30.6 Å². The molecule has 0 bridgehead atoms. The number of unbranched alkanes of at least 4 members (excludes halogenated alkanes) is 1. The number of hydrogen-bond acceptors (Lipinski definition) is 3. The Morgan fingerprint density at radius 3 is 2.58 bits per heavy atom. The van der Waals surface area contributed by atoms with Crippen LogP contribution in [0.25, 0.3) is 0 Å². The molecule has 0 atom stereocenters. The van der Waals surface area contributed by atoms with Gasteiger partial charge in [-0.15, -0.1) is 0 Å². The molecule has 2 rings (SSSR count). The summed E-state index contributed by atoms with van der Waals surface area (Å²) < 4.78 is 26.6. The largest absolute Gasteiger partial charge is 0.356 e. The second-order valence-corrected chi connectivity index (χ2v) is 8.54. The fourth-order valence-electron chi connectivity index (χ4n) is 2.83. The van der Waals surface area contributed by atoms with Gasteiger partial charge in [0.1, 0.15) is 0 Å². The normalized spacial score (nSPS) is 16.9. The first kappa shape index (κ1) is 19.2. The maximum absolute atomic E-state index is 12.6. The van der Waals surface area contributed by atoms with Gasteiger partial charge in [-0.25, -0.2) is 12.7 Å². The van der Waals surface area contributed by atoms with E-state index < -0.39 is 10.0 Å². The Labute approximate surface area is 149 Å². The molecule has 7 heteroatoms. The first-order valence-corrected chi connectivity index (χ1v) is 10.4. The van der Waals surface area contributed by atoms with E-state index in [-0.39, 0.29) is 17.6 Å². The van der Waals surface area contributed by atoms with Crippen LogP contribution in [0, 0.1) is 5.92 Å². The van der Waals surface area contributed by atoms with Gasteiger partial charge in [0.25, 0.3) is 0 Å². The highest BCUT2D eigenvalue weighted by atomic mass is 35.5. The number of halogens is 1. The summed E-state index contributed by atoms with van der Waals surface area (Å²) in [6.45, 7) is 3.55. The molecule has 24 heavy (non-hydrogen) atoms. The van der Waals surface area contributed by atoms with Crippen molar-refractivity contribution in [2.45, 2.75) is 38.4 Å². The molecule has 1 aliphatic rings. The second-order valence-electron chi connectivity index (χ2n) is 6.17. The summed E-state index contributed by atoms with van der Waals surface area (Å²) in [5.41, 5.74) is 0.610. The SMILES string of the molecule is CCCCNC(=O)C1CCN(S(=O)(=O)Cc2ccccc2Cl)CC1. The summed E-state index contributed by atoms with van der Waals surface area (Å²) in [6, 6.07) is 6.98. The third-order valence-electron chi connectivity index (χ3n) is 4.34. The number of hydrogen-bond donors (Lipinski definition) is 1. The average Bonchev–Trinajstić information content (AvgIpc) is 2.57. The number of benzene rings is 1. The molecular formula is C17H25ClN2O3S. The molecule has 1 saturated heterocycles. The zero-order valence-electron chi connectivity index (χ0n) is 14.0. The van der Waals surface area contributed by atoms with Gasteiger partial charge in [-0.1, -0.05) is 43.1 Å². The third kappa shape index (κ3) is 5.19. The molecule has 0 spiro atoms. The van der Waals surface area contributed by atoms with Crippen LogP contribution in [0.15, 0.2) is 24.3 Å². The van der Waals surface area contributed by atoms with Crippen LogP contribution in [0.3, 0.4) is 0 Å². The van der Waals surface area contributed by atoms with E-state index in [1.54, 1.807) is 24.3 Å². The number of piperidine rings is 1. The molecule has 0 aromatic heterocycles. The molecule has 0 radical (unpaired) electrons. The lowest BCUT2D eigenvalue weighted by Crippen LogP contribution is -2.43. The van der Waals surface area contributed by atoms with Crippen molar-refractivity contribution in [2.75, 3.05) is 19.6 Å². The van der Waals surface area contributed by atoms with Crippen molar-refractivity contribution in [3.05, 3.63) is 34.9 Å². The summed E-state index contributed by atoms with van der Waals surface area (Å²) in [5, 5.41) is 3.39. The monoisotopic (exact) mass is 372 g/mol. The van der Waals surface area contributed by atoms with Crippen LogP contribution in [0.4, 0.5) is 0 Å². The average molecular weight is 373 g/mol. The topological polar surface area (TPSA) is 66.5 Å². The number of carbonyl (C=O) groups excluding carboxylic acids is 1. The van der Waals surface area contributed by atoms with Crippen molar-refractivity contribution in [3.8, 4) is 0 Å². The molecule has 0 unspecified atom stereocenters. The molecule has 134 valence electrons. The van der Waals surface area contributed by atoms with Crippen molar-refractivity contribution in [2.24, 2.45) is 5.92 Å². The van der Waals surface area contributed by atoms with Crippen molar-refractivity contribution < 1.29 is 13.2 Å². The first-order chi connectivity index (χ1) is 11.4. The first-order valence-electron chi connectivity index (χ1n) is 8.43. The van der Waals surface area contributed by atoms with Crippen LogP contribution < -0.4 is 5.32 Å². The Hall–Kier alpha value is -1.11. The number of sulfonamides is 1. The maximum atomic E-state index is 12.6. The molecule has 1 aliphatic heterocycles. The summed E-state index contributed by atoms with van der Waals surface area (Å²) in [5.74, 6) is -0.139. The van der Waals surface area contributed by atoms with E-state index in [1.165, 1.54) is 4.31 Å². The molecule has 1 N–H and O–H groups in total. The molecule has 0 saturated carbocycles. The van der Waals surface area contributed by atoms with Crippen molar-refractivity contribution >= 4 is 27.5 Å². The Morgan fingerprint density at radius 2 is 1.96 bits per heavy atom.